The van der Waals surface area contributed by atoms with E-state index in [0.29, 0.717) is 26.4 Å². The summed E-state index contributed by atoms with van der Waals surface area (Å²) in [4.78, 5) is 23.4. The van der Waals surface area contributed by atoms with E-state index >= 15 is 0 Å². The van der Waals surface area contributed by atoms with Crippen molar-refractivity contribution in [3.8, 4) is 0 Å². The van der Waals surface area contributed by atoms with E-state index in [9.17, 15) is 9.59 Å². The fraction of sp³-hybridized carbons (Fsp3) is 0.913. The predicted octanol–water partition coefficient (Wildman–Crippen LogP) is 3.21. The zero-order valence-electron chi connectivity index (χ0n) is 20.0. The van der Waals surface area contributed by atoms with Gasteiger partial charge in [-0.25, -0.2) is 0 Å². The minimum absolute atomic E-state index is 0.164. The van der Waals surface area contributed by atoms with Crippen LogP contribution in [-0.4, -0.2) is 69.5 Å². The SMILES string of the molecule is CCCCOC[C@H]1OC(OC(C)=O)[C@H](CNC(C)=O)[C@@H](OCCCC)[C@H]1OCCCC. The van der Waals surface area contributed by atoms with E-state index < -0.39 is 24.5 Å². The summed E-state index contributed by atoms with van der Waals surface area (Å²) >= 11 is 0. The molecule has 1 amide bonds. The van der Waals surface area contributed by atoms with Gasteiger partial charge in [-0.2, -0.15) is 0 Å². The van der Waals surface area contributed by atoms with Crippen molar-refractivity contribution in [1.29, 1.82) is 0 Å². The van der Waals surface area contributed by atoms with Crippen molar-refractivity contribution in [3.05, 3.63) is 0 Å². The minimum atomic E-state index is -0.846. The largest absolute Gasteiger partial charge is 0.435 e. The monoisotopic (exact) mass is 445 g/mol. The number of rotatable bonds is 16. The summed E-state index contributed by atoms with van der Waals surface area (Å²) in [6.07, 6.45) is 3.79. The van der Waals surface area contributed by atoms with Crippen LogP contribution in [0.15, 0.2) is 0 Å². The maximum Gasteiger partial charge on any atom is 0.304 e. The van der Waals surface area contributed by atoms with Gasteiger partial charge in [0.1, 0.15) is 12.2 Å². The Balaban J connectivity index is 3.10. The second-order valence-corrected chi connectivity index (χ2v) is 8.06. The normalized spacial score (nSPS) is 25.9. The molecule has 1 fully saturated rings. The van der Waals surface area contributed by atoms with Gasteiger partial charge in [-0.3, -0.25) is 9.59 Å². The summed E-state index contributed by atoms with van der Waals surface area (Å²) < 4.78 is 30.0. The third kappa shape index (κ3) is 10.8. The smallest absolute Gasteiger partial charge is 0.304 e. The molecule has 31 heavy (non-hydrogen) atoms. The number of esters is 1. The highest BCUT2D eigenvalue weighted by molar-refractivity contribution is 5.72. The lowest BCUT2D eigenvalue weighted by Gasteiger charge is -2.45. The molecular formula is C23H43NO7. The quantitative estimate of drug-likeness (QED) is 0.288. The molecular weight excluding hydrogens is 402 g/mol. The van der Waals surface area contributed by atoms with Gasteiger partial charge in [0.25, 0.3) is 0 Å². The summed E-state index contributed by atoms with van der Waals surface area (Å²) in [5, 5.41) is 2.82. The second kappa shape index (κ2) is 16.4. The van der Waals surface area contributed by atoms with Gasteiger partial charge >= 0.3 is 5.97 Å². The highest BCUT2D eigenvalue weighted by atomic mass is 16.7. The highest BCUT2D eigenvalue weighted by Crippen LogP contribution is 2.32. The molecule has 1 aliphatic rings. The summed E-state index contributed by atoms with van der Waals surface area (Å²) in [6.45, 7) is 11.5. The van der Waals surface area contributed by atoms with E-state index in [4.69, 9.17) is 23.7 Å². The third-order valence-corrected chi connectivity index (χ3v) is 5.18. The van der Waals surface area contributed by atoms with E-state index in [1.54, 1.807) is 0 Å². The van der Waals surface area contributed by atoms with Crippen LogP contribution in [-0.2, 0) is 33.3 Å². The highest BCUT2D eigenvalue weighted by Gasteiger charge is 2.48. The van der Waals surface area contributed by atoms with E-state index in [0.717, 1.165) is 38.5 Å². The zero-order chi connectivity index (χ0) is 23.1. The van der Waals surface area contributed by atoms with E-state index in [1.165, 1.54) is 13.8 Å². The first-order valence-electron chi connectivity index (χ1n) is 11.8. The molecule has 182 valence electrons. The summed E-state index contributed by atoms with van der Waals surface area (Å²) in [5.41, 5.74) is 0. The molecule has 8 heteroatoms. The van der Waals surface area contributed by atoms with Gasteiger partial charge in [0.2, 0.25) is 12.2 Å². The van der Waals surface area contributed by atoms with Gasteiger partial charge in [-0.15, -0.1) is 0 Å². The molecule has 1 N–H and O–H groups in total. The molecule has 1 aliphatic heterocycles. The van der Waals surface area contributed by atoms with Crippen LogP contribution in [0, 0.1) is 5.92 Å². The van der Waals surface area contributed by atoms with Crippen molar-refractivity contribution < 1.29 is 33.3 Å². The number of carbonyl (C=O) groups is 2. The van der Waals surface area contributed by atoms with Crippen LogP contribution in [0.25, 0.3) is 0 Å². The van der Waals surface area contributed by atoms with E-state index in [2.05, 4.69) is 26.1 Å². The van der Waals surface area contributed by atoms with E-state index in [1.807, 2.05) is 0 Å². The molecule has 1 heterocycles. The number of carbonyl (C=O) groups excluding carboxylic acids is 2. The predicted molar refractivity (Wildman–Crippen MR) is 118 cm³/mol. The first-order chi connectivity index (χ1) is 14.9. The maximum absolute atomic E-state index is 11.8. The Labute approximate surface area is 187 Å². The fourth-order valence-corrected chi connectivity index (χ4v) is 3.44. The number of hydrogen-bond donors (Lipinski definition) is 1. The van der Waals surface area contributed by atoms with Gasteiger partial charge in [-0.1, -0.05) is 40.0 Å². The van der Waals surface area contributed by atoms with Crippen LogP contribution in [0.1, 0.15) is 73.1 Å². The van der Waals surface area contributed by atoms with Crippen molar-refractivity contribution in [3.63, 3.8) is 0 Å². The van der Waals surface area contributed by atoms with Crippen molar-refractivity contribution in [2.24, 2.45) is 5.92 Å². The molecule has 0 bridgehead atoms. The topological polar surface area (TPSA) is 92.3 Å². The number of amides is 1. The lowest BCUT2D eigenvalue weighted by molar-refractivity contribution is -0.292. The van der Waals surface area contributed by atoms with E-state index in [-0.39, 0.29) is 24.5 Å². The van der Waals surface area contributed by atoms with Crippen LogP contribution >= 0.6 is 0 Å². The Hall–Kier alpha value is -1.22. The molecule has 5 atom stereocenters. The van der Waals surface area contributed by atoms with Crippen molar-refractivity contribution in [2.45, 2.75) is 97.7 Å². The molecule has 0 saturated carbocycles. The molecule has 1 saturated heterocycles. The Morgan fingerprint density at radius 2 is 1.45 bits per heavy atom. The molecule has 0 aromatic heterocycles. The van der Waals surface area contributed by atoms with Gasteiger partial charge in [0.05, 0.1) is 18.6 Å². The Morgan fingerprint density at radius 1 is 0.871 bits per heavy atom. The molecule has 1 rings (SSSR count). The van der Waals surface area contributed by atoms with Crippen molar-refractivity contribution in [1.82, 2.24) is 5.32 Å². The first kappa shape index (κ1) is 27.8. The lowest BCUT2D eigenvalue weighted by atomic mass is 9.90. The average Bonchev–Trinajstić information content (AvgIpc) is 2.71. The Bertz CT molecular complexity index is 502. The van der Waals surface area contributed by atoms with Crippen LogP contribution in [0.5, 0.6) is 0 Å². The standard InChI is InChI=1S/C23H43NO7/c1-6-9-12-27-16-20-22(29-14-11-8-3)21(28-13-10-7-2)19(15-24-17(4)25)23(31-20)30-18(5)26/h19-23H,6-16H2,1-5H3,(H,24,25)/t19-,20-,21-,22+,23?/m1/s1. The summed E-state index contributed by atoms with van der Waals surface area (Å²) in [7, 11) is 0. The zero-order valence-corrected chi connectivity index (χ0v) is 20.0. The second-order valence-electron chi connectivity index (χ2n) is 8.06. The average molecular weight is 446 g/mol. The molecule has 0 radical (unpaired) electrons. The van der Waals surface area contributed by atoms with Crippen LogP contribution in [0.2, 0.25) is 0 Å². The first-order valence-corrected chi connectivity index (χ1v) is 11.8. The fourth-order valence-electron chi connectivity index (χ4n) is 3.44. The maximum atomic E-state index is 11.8. The van der Waals surface area contributed by atoms with Gasteiger partial charge in [0, 0.05) is 40.2 Å². The van der Waals surface area contributed by atoms with Gasteiger partial charge in [-0.05, 0) is 19.3 Å². The minimum Gasteiger partial charge on any atom is -0.435 e. The summed E-state index contributed by atoms with van der Waals surface area (Å²) in [5.74, 6) is -0.994. The number of ether oxygens (including phenoxy) is 5. The Kier molecular flexibility index (Phi) is 14.7. The van der Waals surface area contributed by atoms with Crippen LogP contribution < -0.4 is 5.32 Å². The lowest BCUT2D eigenvalue weighted by Crippen LogP contribution is -2.61. The summed E-state index contributed by atoms with van der Waals surface area (Å²) in [6, 6.07) is 0. The molecule has 0 aliphatic carbocycles. The molecule has 0 aromatic carbocycles. The molecule has 0 spiro atoms. The van der Waals surface area contributed by atoms with Gasteiger partial charge in [0.15, 0.2) is 0 Å². The van der Waals surface area contributed by atoms with Crippen LogP contribution in [0.4, 0.5) is 0 Å². The molecule has 8 nitrogen and oxygen atoms in total. The van der Waals surface area contributed by atoms with Gasteiger partial charge < -0.3 is 29.0 Å². The number of hydrogen-bond acceptors (Lipinski definition) is 7. The number of unbranched alkanes of at least 4 members (excludes halogenated alkanes) is 3. The van der Waals surface area contributed by atoms with Crippen molar-refractivity contribution >= 4 is 11.9 Å². The third-order valence-electron chi connectivity index (χ3n) is 5.18. The molecule has 1 unspecified atom stereocenters. The van der Waals surface area contributed by atoms with Crippen LogP contribution in [0.3, 0.4) is 0 Å². The molecule has 0 aromatic rings. The number of nitrogens with one attached hydrogen (secondary N) is 1. The Morgan fingerprint density at radius 3 is 2.00 bits per heavy atom. The van der Waals surface area contributed by atoms with Crippen molar-refractivity contribution in [2.75, 3.05) is 33.0 Å².